The number of hydrogen-bond donors (Lipinski definition) is 2. The highest BCUT2D eigenvalue weighted by Crippen LogP contribution is 2.31. The zero-order valence-electron chi connectivity index (χ0n) is 16.0. The molecule has 9 heteroatoms. The molecule has 1 heterocycles. The lowest BCUT2D eigenvalue weighted by Gasteiger charge is -2.19. The molecule has 1 aromatic carbocycles. The third-order valence-electron chi connectivity index (χ3n) is 4.35. The van der Waals surface area contributed by atoms with Gasteiger partial charge in [0, 0.05) is 31.4 Å². The number of alkyl halides is 3. The fraction of sp³-hybridized carbons (Fsp3) is 0.450. The third kappa shape index (κ3) is 7.43. The zero-order valence-corrected chi connectivity index (χ0v) is 16.0. The summed E-state index contributed by atoms with van der Waals surface area (Å²) >= 11 is 0. The Hall–Kier alpha value is -2.52. The van der Waals surface area contributed by atoms with Gasteiger partial charge in [0.05, 0.1) is 36.6 Å². The predicted molar refractivity (Wildman–Crippen MR) is 99.8 cm³/mol. The van der Waals surface area contributed by atoms with Gasteiger partial charge in [0.2, 0.25) is 5.91 Å². The molecule has 6 nitrogen and oxygen atoms in total. The molecule has 1 amide bonds. The van der Waals surface area contributed by atoms with E-state index in [-0.39, 0.29) is 31.6 Å². The molecule has 0 spiro atoms. The SMILES string of the molecule is CCC(CO)NC(=O)CCOC(Cc1cnccn1)c1ccc(C(F)(F)F)cc1. The molecule has 0 bridgehead atoms. The number of benzene rings is 1. The molecule has 2 atom stereocenters. The lowest BCUT2D eigenvalue weighted by Crippen LogP contribution is -2.37. The second kappa shape index (κ2) is 10.9. The highest BCUT2D eigenvalue weighted by Gasteiger charge is 2.30. The Morgan fingerprint density at radius 1 is 1.24 bits per heavy atom. The Kier molecular flexibility index (Phi) is 8.53. The van der Waals surface area contributed by atoms with E-state index in [1.54, 1.807) is 6.20 Å². The number of aromatic nitrogens is 2. The van der Waals surface area contributed by atoms with Crippen molar-refractivity contribution in [1.82, 2.24) is 15.3 Å². The highest BCUT2D eigenvalue weighted by atomic mass is 19.4. The molecule has 0 radical (unpaired) electrons. The molecule has 0 aliphatic carbocycles. The van der Waals surface area contributed by atoms with Crippen LogP contribution in [0.25, 0.3) is 0 Å². The van der Waals surface area contributed by atoms with Gasteiger partial charge < -0.3 is 15.2 Å². The van der Waals surface area contributed by atoms with Crippen molar-refractivity contribution in [3.05, 3.63) is 59.7 Å². The monoisotopic (exact) mass is 411 g/mol. The van der Waals surface area contributed by atoms with E-state index in [9.17, 15) is 18.0 Å². The summed E-state index contributed by atoms with van der Waals surface area (Å²) in [6.45, 7) is 1.77. The van der Waals surface area contributed by atoms with Crippen molar-refractivity contribution < 1.29 is 27.8 Å². The van der Waals surface area contributed by atoms with E-state index in [2.05, 4.69) is 15.3 Å². The van der Waals surface area contributed by atoms with E-state index >= 15 is 0 Å². The van der Waals surface area contributed by atoms with Gasteiger partial charge in [-0.1, -0.05) is 19.1 Å². The number of nitrogens with one attached hydrogen (secondary N) is 1. The van der Waals surface area contributed by atoms with Gasteiger partial charge >= 0.3 is 6.18 Å². The molecule has 2 unspecified atom stereocenters. The molecule has 0 saturated heterocycles. The maximum atomic E-state index is 12.8. The molecule has 2 aromatic rings. The Bertz CT molecular complexity index is 751. The predicted octanol–water partition coefficient (Wildman–Crippen LogP) is 3.07. The van der Waals surface area contributed by atoms with E-state index in [4.69, 9.17) is 9.84 Å². The van der Waals surface area contributed by atoms with Gasteiger partial charge in [0.15, 0.2) is 0 Å². The van der Waals surface area contributed by atoms with Crippen molar-refractivity contribution >= 4 is 5.91 Å². The number of amides is 1. The van der Waals surface area contributed by atoms with Crippen LogP contribution < -0.4 is 5.32 Å². The van der Waals surface area contributed by atoms with Crippen LogP contribution in [0.3, 0.4) is 0 Å². The first-order valence-corrected chi connectivity index (χ1v) is 9.27. The van der Waals surface area contributed by atoms with Crippen LogP contribution >= 0.6 is 0 Å². The number of aliphatic hydroxyl groups excluding tert-OH is 1. The number of halogens is 3. The Balaban J connectivity index is 2.04. The quantitative estimate of drug-likeness (QED) is 0.628. The zero-order chi connectivity index (χ0) is 21.3. The summed E-state index contributed by atoms with van der Waals surface area (Å²) in [4.78, 5) is 20.1. The maximum absolute atomic E-state index is 12.8. The van der Waals surface area contributed by atoms with E-state index < -0.39 is 17.8 Å². The molecule has 2 N–H and O–H groups in total. The Morgan fingerprint density at radius 2 is 1.97 bits per heavy atom. The largest absolute Gasteiger partial charge is 0.416 e. The van der Waals surface area contributed by atoms with Crippen molar-refractivity contribution in [2.24, 2.45) is 0 Å². The van der Waals surface area contributed by atoms with Crippen molar-refractivity contribution in [3.8, 4) is 0 Å². The van der Waals surface area contributed by atoms with Crippen molar-refractivity contribution in [2.75, 3.05) is 13.2 Å². The van der Waals surface area contributed by atoms with E-state index in [0.29, 0.717) is 24.1 Å². The summed E-state index contributed by atoms with van der Waals surface area (Å²) in [5.41, 5.74) is 0.424. The number of ether oxygens (including phenoxy) is 1. The fourth-order valence-electron chi connectivity index (χ4n) is 2.66. The normalized spacial score (nSPS) is 13.7. The number of carbonyl (C=O) groups excluding carboxylic acids is 1. The Morgan fingerprint density at radius 3 is 2.52 bits per heavy atom. The van der Waals surface area contributed by atoms with Gasteiger partial charge in [0.1, 0.15) is 0 Å². The molecular formula is C20H24F3N3O3. The van der Waals surface area contributed by atoms with Crippen LogP contribution in [0.15, 0.2) is 42.9 Å². The minimum absolute atomic E-state index is 0.0636. The van der Waals surface area contributed by atoms with Crippen LogP contribution in [0.5, 0.6) is 0 Å². The lowest BCUT2D eigenvalue weighted by molar-refractivity contribution is -0.137. The molecule has 29 heavy (non-hydrogen) atoms. The van der Waals surface area contributed by atoms with Crippen LogP contribution in [0, 0.1) is 0 Å². The average Bonchev–Trinajstić information content (AvgIpc) is 2.71. The van der Waals surface area contributed by atoms with Gasteiger partial charge in [-0.2, -0.15) is 13.2 Å². The molecule has 0 saturated carbocycles. The molecule has 2 rings (SSSR count). The topological polar surface area (TPSA) is 84.3 Å². The van der Waals surface area contributed by atoms with E-state index in [1.807, 2.05) is 6.92 Å². The first-order chi connectivity index (χ1) is 13.8. The Labute approximate surface area is 167 Å². The van der Waals surface area contributed by atoms with Crippen molar-refractivity contribution in [1.29, 1.82) is 0 Å². The van der Waals surface area contributed by atoms with Gasteiger partial charge in [0.25, 0.3) is 0 Å². The maximum Gasteiger partial charge on any atom is 0.416 e. The van der Waals surface area contributed by atoms with Crippen LogP contribution in [-0.2, 0) is 22.1 Å². The van der Waals surface area contributed by atoms with Crippen LogP contribution in [0.2, 0.25) is 0 Å². The molecule has 0 fully saturated rings. The smallest absolute Gasteiger partial charge is 0.394 e. The number of hydrogen-bond acceptors (Lipinski definition) is 5. The second-order valence-electron chi connectivity index (χ2n) is 6.49. The van der Waals surface area contributed by atoms with Crippen LogP contribution in [0.4, 0.5) is 13.2 Å². The highest BCUT2D eigenvalue weighted by molar-refractivity contribution is 5.76. The number of rotatable bonds is 10. The van der Waals surface area contributed by atoms with Gasteiger partial charge in [-0.05, 0) is 24.1 Å². The van der Waals surface area contributed by atoms with E-state index in [1.165, 1.54) is 24.5 Å². The summed E-state index contributed by atoms with van der Waals surface area (Å²) in [7, 11) is 0. The summed E-state index contributed by atoms with van der Waals surface area (Å²) in [6.07, 6.45) is 0.564. The lowest BCUT2D eigenvalue weighted by atomic mass is 10.0. The molecule has 158 valence electrons. The molecular weight excluding hydrogens is 387 g/mol. The number of carbonyl (C=O) groups is 1. The van der Waals surface area contributed by atoms with Crippen LogP contribution in [-0.4, -0.2) is 40.2 Å². The molecule has 0 aliphatic heterocycles. The first-order valence-electron chi connectivity index (χ1n) is 9.27. The van der Waals surface area contributed by atoms with Gasteiger partial charge in [-0.25, -0.2) is 0 Å². The fourth-order valence-corrected chi connectivity index (χ4v) is 2.66. The van der Waals surface area contributed by atoms with E-state index in [0.717, 1.165) is 12.1 Å². The first kappa shape index (κ1) is 22.8. The minimum atomic E-state index is -4.42. The third-order valence-corrected chi connectivity index (χ3v) is 4.35. The number of aliphatic hydroxyl groups is 1. The second-order valence-corrected chi connectivity index (χ2v) is 6.49. The van der Waals surface area contributed by atoms with Crippen molar-refractivity contribution in [3.63, 3.8) is 0 Å². The van der Waals surface area contributed by atoms with Gasteiger partial charge in [-0.15, -0.1) is 0 Å². The standard InChI is InChI=1S/C20H24F3N3O3/c1-2-16(13-27)26-19(28)7-10-29-18(11-17-12-24-8-9-25-17)14-3-5-15(6-4-14)20(21,22)23/h3-6,8-9,12,16,18,27H,2,7,10-11,13H2,1H3,(H,26,28). The number of nitrogens with zero attached hydrogens (tertiary/aromatic N) is 2. The molecule has 1 aromatic heterocycles. The summed E-state index contributed by atoms with van der Waals surface area (Å²) in [6, 6.07) is 4.42. The van der Waals surface area contributed by atoms with Gasteiger partial charge in [-0.3, -0.25) is 14.8 Å². The summed E-state index contributed by atoms with van der Waals surface area (Å²) in [5, 5.41) is 11.8. The van der Waals surface area contributed by atoms with Crippen LogP contribution in [0.1, 0.15) is 42.7 Å². The summed E-state index contributed by atoms with van der Waals surface area (Å²) < 4.78 is 44.2. The summed E-state index contributed by atoms with van der Waals surface area (Å²) in [5.74, 6) is -0.267. The minimum Gasteiger partial charge on any atom is -0.394 e. The van der Waals surface area contributed by atoms with Crippen molar-refractivity contribution in [2.45, 2.75) is 44.5 Å². The molecule has 0 aliphatic rings. The average molecular weight is 411 g/mol.